The van der Waals surface area contributed by atoms with Gasteiger partial charge in [-0.05, 0) is 18.2 Å². The van der Waals surface area contributed by atoms with Gasteiger partial charge in [0.2, 0.25) is 0 Å². The second-order valence-electron chi connectivity index (χ2n) is 5.32. The van der Waals surface area contributed by atoms with Gasteiger partial charge in [-0.25, -0.2) is 4.99 Å². The highest BCUT2D eigenvalue weighted by Crippen LogP contribution is 2.35. The summed E-state index contributed by atoms with van der Waals surface area (Å²) in [4.78, 5) is 4.06. The van der Waals surface area contributed by atoms with Crippen LogP contribution in [0.25, 0.3) is 0 Å². The largest absolute Gasteiger partial charge is 0.491 e. The average molecular weight is 495 g/mol. The zero-order valence-corrected chi connectivity index (χ0v) is 17.0. The van der Waals surface area contributed by atoms with E-state index in [0.717, 1.165) is 17.3 Å². The number of hydrogen-bond donors (Lipinski definition) is 2. The molecule has 2 aromatic carbocycles. The van der Waals surface area contributed by atoms with Crippen LogP contribution in [0.5, 0.6) is 5.75 Å². The van der Waals surface area contributed by atoms with Crippen LogP contribution < -0.4 is 15.8 Å². The number of nitrogens with zero attached hydrogens (tertiary/aromatic N) is 1. The molecule has 0 radical (unpaired) electrons. The second-order valence-corrected chi connectivity index (χ2v) is 5.32. The van der Waals surface area contributed by atoms with E-state index in [1.165, 1.54) is 18.2 Å². The van der Waals surface area contributed by atoms with E-state index in [1.807, 2.05) is 24.3 Å². The highest BCUT2D eigenvalue weighted by atomic mass is 127. The molecule has 0 atom stereocenters. The van der Waals surface area contributed by atoms with Crippen LogP contribution in [0, 0.1) is 0 Å². The maximum absolute atomic E-state index is 12.9. The number of aliphatic imine (C=N–C) groups is 1. The Morgan fingerprint density at radius 1 is 1.11 bits per heavy atom. The van der Waals surface area contributed by atoms with Gasteiger partial charge in [-0.3, -0.25) is 0 Å². The fourth-order valence-electron chi connectivity index (χ4n) is 2.25. The number of ether oxygens (including phenoxy) is 2. The molecule has 0 unspecified atom stereocenters. The zero-order valence-electron chi connectivity index (χ0n) is 14.6. The first-order valence-electron chi connectivity index (χ1n) is 7.84. The lowest BCUT2D eigenvalue weighted by atomic mass is 10.2. The van der Waals surface area contributed by atoms with Gasteiger partial charge in [-0.1, -0.05) is 30.3 Å². The topological polar surface area (TPSA) is 68.9 Å². The Bertz CT molecular complexity index is 755. The number of alkyl halides is 3. The average Bonchev–Trinajstić information content (AvgIpc) is 2.60. The third-order valence-electron chi connectivity index (χ3n) is 3.40. The summed E-state index contributed by atoms with van der Waals surface area (Å²) in [6, 6.07) is 12.5. The molecule has 5 nitrogen and oxygen atoms in total. The lowest BCUT2D eigenvalue weighted by Crippen LogP contribution is -2.24. The number of benzene rings is 2. The van der Waals surface area contributed by atoms with Crippen LogP contribution in [-0.2, 0) is 17.5 Å². The predicted molar refractivity (Wildman–Crippen MR) is 110 cm³/mol. The van der Waals surface area contributed by atoms with Crippen LogP contribution >= 0.6 is 24.0 Å². The van der Waals surface area contributed by atoms with Crippen molar-refractivity contribution in [3.8, 4) is 5.75 Å². The molecule has 2 rings (SSSR count). The third-order valence-corrected chi connectivity index (χ3v) is 3.40. The number of nitrogens with two attached hydrogens (primary N) is 1. The molecule has 0 fully saturated rings. The van der Waals surface area contributed by atoms with Gasteiger partial charge < -0.3 is 20.5 Å². The smallest absolute Gasteiger partial charge is 0.419 e. The first-order chi connectivity index (χ1) is 12.4. The van der Waals surface area contributed by atoms with Crippen LogP contribution in [0.15, 0.2) is 53.5 Å². The Morgan fingerprint density at radius 3 is 2.48 bits per heavy atom. The highest BCUT2D eigenvalue weighted by Gasteiger charge is 2.33. The molecular weight excluding hydrogens is 474 g/mol. The number of guanidine groups is 1. The van der Waals surface area contributed by atoms with Gasteiger partial charge in [0.1, 0.15) is 12.4 Å². The number of rotatable bonds is 7. The molecule has 0 aromatic heterocycles. The number of para-hydroxylation sites is 2. The molecule has 3 N–H and O–H groups in total. The van der Waals surface area contributed by atoms with Crippen molar-refractivity contribution in [2.24, 2.45) is 10.7 Å². The van der Waals surface area contributed by atoms with Gasteiger partial charge in [0, 0.05) is 18.4 Å². The number of nitrogens with one attached hydrogen (secondary N) is 1. The zero-order chi connectivity index (χ0) is 19.0. The van der Waals surface area contributed by atoms with Crippen molar-refractivity contribution < 1.29 is 22.6 Å². The third kappa shape index (κ3) is 7.25. The van der Waals surface area contributed by atoms with Crippen molar-refractivity contribution in [3.05, 3.63) is 59.7 Å². The van der Waals surface area contributed by atoms with Crippen LogP contribution in [-0.4, -0.2) is 26.2 Å². The van der Waals surface area contributed by atoms with Crippen LogP contribution in [0.4, 0.5) is 18.9 Å². The lowest BCUT2D eigenvalue weighted by Gasteiger charge is -2.13. The molecule has 0 spiro atoms. The normalized spacial score (nSPS) is 11.6. The molecule has 0 aliphatic carbocycles. The van der Waals surface area contributed by atoms with E-state index in [9.17, 15) is 13.2 Å². The summed E-state index contributed by atoms with van der Waals surface area (Å²) in [6.45, 7) is 0.487. The molecule has 148 valence electrons. The van der Waals surface area contributed by atoms with Gasteiger partial charge in [-0.2, -0.15) is 13.2 Å². The van der Waals surface area contributed by atoms with E-state index in [2.05, 4.69) is 10.3 Å². The highest BCUT2D eigenvalue weighted by molar-refractivity contribution is 14.0. The Balaban J connectivity index is 0.00000364. The molecule has 0 bridgehead atoms. The van der Waals surface area contributed by atoms with Crippen molar-refractivity contribution in [3.63, 3.8) is 0 Å². The Morgan fingerprint density at radius 2 is 1.78 bits per heavy atom. The van der Waals surface area contributed by atoms with Crippen LogP contribution in [0.1, 0.15) is 11.1 Å². The quantitative estimate of drug-likeness (QED) is 0.261. The number of methoxy groups -OCH3 is 1. The predicted octanol–water partition coefficient (Wildman–Crippen LogP) is 4.28. The van der Waals surface area contributed by atoms with E-state index in [4.69, 9.17) is 15.2 Å². The Hall–Kier alpha value is -2.01. The van der Waals surface area contributed by atoms with Crippen LogP contribution in [0.2, 0.25) is 0 Å². The molecule has 0 saturated heterocycles. The van der Waals surface area contributed by atoms with Crippen LogP contribution in [0.3, 0.4) is 0 Å². The minimum atomic E-state index is -4.47. The first-order valence-corrected chi connectivity index (χ1v) is 7.84. The summed E-state index contributed by atoms with van der Waals surface area (Å²) in [5.41, 5.74) is 6.65. The van der Waals surface area contributed by atoms with Gasteiger partial charge in [0.25, 0.3) is 0 Å². The monoisotopic (exact) mass is 495 g/mol. The summed E-state index contributed by atoms with van der Waals surface area (Å²) >= 11 is 0. The summed E-state index contributed by atoms with van der Waals surface area (Å²) in [6.07, 6.45) is -4.47. The molecular formula is C18H21F3IN3O2. The summed E-state index contributed by atoms with van der Waals surface area (Å²) in [5.74, 6) is -0.0894. The van der Waals surface area contributed by atoms with Crippen molar-refractivity contribution in [1.29, 1.82) is 0 Å². The molecule has 27 heavy (non-hydrogen) atoms. The van der Waals surface area contributed by atoms with Crippen molar-refractivity contribution >= 4 is 35.6 Å². The van der Waals surface area contributed by atoms with Crippen molar-refractivity contribution in [2.75, 3.05) is 25.6 Å². The van der Waals surface area contributed by atoms with Gasteiger partial charge in [-0.15, -0.1) is 24.0 Å². The minimum absolute atomic E-state index is 0. The van der Waals surface area contributed by atoms with Crippen molar-refractivity contribution in [2.45, 2.75) is 12.8 Å². The molecule has 0 saturated carbocycles. The number of halogens is 4. The molecule has 0 aliphatic rings. The van der Waals surface area contributed by atoms with Gasteiger partial charge >= 0.3 is 6.18 Å². The Kier molecular flexibility index (Phi) is 9.36. The molecule has 0 amide bonds. The van der Waals surface area contributed by atoms with E-state index in [-0.39, 0.29) is 48.8 Å². The number of anilines is 1. The maximum atomic E-state index is 12.9. The Labute approximate surface area is 172 Å². The summed E-state index contributed by atoms with van der Waals surface area (Å²) in [7, 11) is 1.59. The maximum Gasteiger partial charge on any atom is 0.419 e. The van der Waals surface area contributed by atoms with E-state index >= 15 is 0 Å². The number of hydrogen-bond acceptors (Lipinski definition) is 3. The standard InChI is InChI=1S/C18H20F3N3O2.HI/c1-25-12-13-6-2-4-8-15(13)24-17(22)23-10-11-26-16-9-5-3-7-14(16)18(19,20)21;/h2-9H,10-12H2,1H3,(H3,22,23,24);1H. The minimum Gasteiger partial charge on any atom is -0.491 e. The fraction of sp³-hybridized carbons (Fsp3) is 0.278. The molecule has 2 aromatic rings. The molecule has 0 aliphatic heterocycles. The van der Waals surface area contributed by atoms with Gasteiger partial charge in [0.05, 0.1) is 18.7 Å². The SMILES string of the molecule is COCc1ccccc1NC(N)=NCCOc1ccccc1C(F)(F)F.I. The van der Waals surface area contributed by atoms with E-state index in [1.54, 1.807) is 7.11 Å². The van der Waals surface area contributed by atoms with E-state index < -0.39 is 11.7 Å². The van der Waals surface area contributed by atoms with Crippen molar-refractivity contribution in [1.82, 2.24) is 0 Å². The molecule has 9 heteroatoms. The molecule has 0 heterocycles. The summed E-state index contributed by atoms with van der Waals surface area (Å²) < 4.78 is 48.9. The second kappa shape index (κ2) is 11.0. The lowest BCUT2D eigenvalue weighted by molar-refractivity contribution is -0.138. The first kappa shape index (κ1) is 23.0. The fourth-order valence-corrected chi connectivity index (χ4v) is 2.25. The van der Waals surface area contributed by atoms with E-state index in [0.29, 0.717) is 6.61 Å². The van der Waals surface area contributed by atoms with Gasteiger partial charge in [0.15, 0.2) is 5.96 Å². The summed E-state index contributed by atoms with van der Waals surface area (Å²) in [5, 5.41) is 2.94.